The lowest BCUT2D eigenvalue weighted by Gasteiger charge is -2.28. The molecule has 4 rings (SSSR count). The molecule has 2 aromatic carbocycles. The first-order chi connectivity index (χ1) is 15.2. The predicted molar refractivity (Wildman–Crippen MR) is 123 cm³/mol. The number of ether oxygens (including phenoxy) is 2. The number of halogens is 1. The number of benzene rings is 2. The minimum Gasteiger partial charge on any atom is -0.494 e. The topological polar surface area (TPSA) is 63.7 Å². The van der Waals surface area contributed by atoms with E-state index in [1.165, 1.54) is 0 Å². The van der Waals surface area contributed by atoms with E-state index in [4.69, 9.17) is 21.1 Å². The fourth-order valence-corrected chi connectivity index (χ4v) is 3.74. The molecular formula is C24H26ClN3O3. The van der Waals surface area contributed by atoms with Gasteiger partial charge < -0.3 is 19.7 Å². The van der Waals surface area contributed by atoms with E-state index in [1.54, 1.807) is 12.3 Å². The standard InChI is InChI=1S/C24H26ClN3O3/c1-2-11-31-19-6-3-17(4-7-19)15-27-23-20-14-18(25)5-8-22(20)26-16-21(23)24(29)28-9-12-30-13-10-28/h3-8,14,16H,2,9-13,15H2,1H3,(H,26,27). The fourth-order valence-electron chi connectivity index (χ4n) is 3.57. The highest BCUT2D eigenvalue weighted by Gasteiger charge is 2.23. The first-order valence-electron chi connectivity index (χ1n) is 10.6. The quantitative estimate of drug-likeness (QED) is 0.575. The summed E-state index contributed by atoms with van der Waals surface area (Å²) in [7, 11) is 0. The molecule has 0 bridgehead atoms. The van der Waals surface area contributed by atoms with Crippen molar-refractivity contribution in [3.8, 4) is 5.75 Å². The van der Waals surface area contributed by atoms with Crippen LogP contribution in [0.1, 0.15) is 29.3 Å². The molecule has 2 heterocycles. The van der Waals surface area contributed by atoms with Gasteiger partial charge in [-0.05, 0) is 42.3 Å². The SMILES string of the molecule is CCCOc1ccc(CNc2c(C(=O)N3CCOCC3)cnc3ccc(Cl)cc23)cc1. The Balaban J connectivity index is 1.62. The van der Waals surface area contributed by atoms with E-state index in [0.29, 0.717) is 50.0 Å². The Hall–Kier alpha value is -2.83. The summed E-state index contributed by atoms with van der Waals surface area (Å²) in [6, 6.07) is 13.5. The molecule has 1 aromatic heterocycles. The van der Waals surface area contributed by atoms with Crippen LogP contribution in [0.25, 0.3) is 10.9 Å². The van der Waals surface area contributed by atoms with Crippen LogP contribution in [-0.4, -0.2) is 48.7 Å². The summed E-state index contributed by atoms with van der Waals surface area (Å²) in [5.74, 6) is 0.804. The van der Waals surface area contributed by atoms with Gasteiger partial charge in [0.2, 0.25) is 0 Å². The number of nitrogens with one attached hydrogen (secondary N) is 1. The van der Waals surface area contributed by atoms with Crippen molar-refractivity contribution >= 4 is 34.1 Å². The lowest BCUT2D eigenvalue weighted by Crippen LogP contribution is -2.41. The number of aromatic nitrogens is 1. The zero-order valence-electron chi connectivity index (χ0n) is 17.6. The molecule has 1 amide bonds. The van der Waals surface area contributed by atoms with Crippen LogP contribution in [-0.2, 0) is 11.3 Å². The van der Waals surface area contributed by atoms with Crippen molar-refractivity contribution in [3.63, 3.8) is 0 Å². The van der Waals surface area contributed by atoms with Crippen molar-refractivity contribution in [3.05, 3.63) is 64.8 Å². The maximum absolute atomic E-state index is 13.2. The van der Waals surface area contributed by atoms with Gasteiger partial charge in [-0.1, -0.05) is 30.7 Å². The molecule has 162 valence electrons. The molecule has 0 radical (unpaired) electrons. The molecule has 7 heteroatoms. The highest BCUT2D eigenvalue weighted by atomic mass is 35.5. The van der Waals surface area contributed by atoms with Crippen LogP contribution in [0.3, 0.4) is 0 Å². The second-order valence-electron chi connectivity index (χ2n) is 7.46. The molecule has 0 atom stereocenters. The number of carbonyl (C=O) groups is 1. The van der Waals surface area contributed by atoms with Crippen molar-refractivity contribution < 1.29 is 14.3 Å². The molecule has 3 aromatic rings. The van der Waals surface area contributed by atoms with E-state index >= 15 is 0 Å². The average Bonchev–Trinajstić information content (AvgIpc) is 2.82. The molecule has 0 unspecified atom stereocenters. The number of hydrogen-bond donors (Lipinski definition) is 1. The summed E-state index contributed by atoms with van der Waals surface area (Å²) in [5, 5.41) is 4.89. The number of carbonyl (C=O) groups excluding carboxylic acids is 1. The van der Waals surface area contributed by atoms with Gasteiger partial charge in [-0.25, -0.2) is 0 Å². The first kappa shape index (κ1) is 21.4. The summed E-state index contributed by atoms with van der Waals surface area (Å²) in [6.45, 7) is 5.59. The van der Waals surface area contributed by atoms with Gasteiger partial charge in [-0.2, -0.15) is 0 Å². The van der Waals surface area contributed by atoms with Crippen molar-refractivity contribution in [1.29, 1.82) is 0 Å². The van der Waals surface area contributed by atoms with Crippen LogP contribution in [0, 0.1) is 0 Å². The number of nitrogens with zero attached hydrogens (tertiary/aromatic N) is 2. The second-order valence-corrected chi connectivity index (χ2v) is 7.90. The molecule has 1 aliphatic rings. The number of hydrogen-bond acceptors (Lipinski definition) is 5. The number of morpholine rings is 1. The Morgan fingerprint density at radius 1 is 1.19 bits per heavy atom. The first-order valence-corrected chi connectivity index (χ1v) is 10.9. The van der Waals surface area contributed by atoms with Crippen molar-refractivity contribution in [2.24, 2.45) is 0 Å². The zero-order valence-corrected chi connectivity index (χ0v) is 18.3. The van der Waals surface area contributed by atoms with Gasteiger partial charge in [0.25, 0.3) is 5.91 Å². The Morgan fingerprint density at radius 2 is 1.97 bits per heavy atom. The molecule has 1 N–H and O–H groups in total. The van der Waals surface area contributed by atoms with E-state index in [0.717, 1.165) is 34.3 Å². The van der Waals surface area contributed by atoms with Crippen LogP contribution in [0.4, 0.5) is 5.69 Å². The minimum absolute atomic E-state index is 0.0523. The van der Waals surface area contributed by atoms with Crippen LogP contribution in [0.15, 0.2) is 48.7 Å². The normalized spacial score (nSPS) is 13.9. The largest absolute Gasteiger partial charge is 0.494 e. The molecule has 31 heavy (non-hydrogen) atoms. The number of pyridine rings is 1. The molecule has 0 spiro atoms. The average molecular weight is 440 g/mol. The molecule has 1 aliphatic heterocycles. The maximum Gasteiger partial charge on any atom is 0.257 e. The lowest BCUT2D eigenvalue weighted by molar-refractivity contribution is 0.0303. The molecule has 6 nitrogen and oxygen atoms in total. The Bertz CT molecular complexity index is 1050. The third-order valence-electron chi connectivity index (χ3n) is 5.22. The molecule has 1 saturated heterocycles. The van der Waals surface area contributed by atoms with Gasteiger partial charge in [0.15, 0.2) is 0 Å². The lowest BCUT2D eigenvalue weighted by atomic mass is 10.1. The number of amides is 1. The smallest absolute Gasteiger partial charge is 0.257 e. The van der Waals surface area contributed by atoms with Crippen molar-refractivity contribution in [2.75, 3.05) is 38.2 Å². The number of rotatable bonds is 7. The Morgan fingerprint density at radius 3 is 2.71 bits per heavy atom. The van der Waals surface area contributed by atoms with Gasteiger partial charge in [0.05, 0.1) is 36.6 Å². The Labute approximate surface area is 187 Å². The number of anilines is 1. The maximum atomic E-state index is 13.2. The summed E-state index contributed by atoms with van der Waals surface area (Å²) in [5.41, 5.74) is 3.16. The van der Waals surface area contributed by atoms with Gasteiger partial charge in [-0.15, -0.1) is 0 Å². The number of fused-ring (bicyclic) bond motifs is 1. The summed E-state index contributed by atoms with van der Waals surface area (Å²) < 4.78 is 11.0. The molecule has 0 aliphatic carbocycles. The van der Waals surface area contributed by atoms with E-state index < -0.39 is 0 Å². The van der Waals surface area contributed by atoms with Gasteiger partial charge >= 0.3 is 0 Å². The summed E-state index contributed by atoms with van der Waals surface area (Å²) >= 11 is 6.27. The van der Waals surface area contributed by atoms with E-state index in [9.17, 15) is 4.79 Å². The van der Waals surface area contributed by atoms with Crippen molar-refractivity contribution in [1.82, 2.24) is 9.88 Å². The van der Waals surface area contributed by atoms with Gasteiger partial charge in [-0.3, -0.25) is 9.78 Å². The highest BCUT2D eigenvalue weighted by Crippen LogP contribution is 2.30. The van der Waals surface area contributed by atoms with E-state index in [2.05, 4.69) is 17.2 Å². The van der Waals surface area contributed by atoms with Crippen LogP contribution < -0.4 is 10.1 Å². The summed E-state index contributed by atoms with van der Waals surface area (Å²) in [4.78, 5) is 19.6. The third kappa shape index (κ3) is 5.09. The third-order valence-corrected chi connectivity index (χ3v) is 5.46. The zero-order chi connectivity index (χ0) is 21.6. The highest BCUT2D eigenvalue weighted by molar-refractivity contribution is 6.31. The predicted octanol–water partition coefficient (Wildman–Crippen LogP) is 4.76. The van der Waals surface area contributed by atoms with E-state index in [1.807, 2.05) is 41.3 Å². The Kier molecular flexibility index (Phi) is 6.89. The van der Waals surface area contributed by atoms with Crippen LogP contribution in [0.2, 0.25) is 5.02 Å². The van der Waals surface area contributed by atoms with Gasteiger partial charge in [0, 0.05) is 36.2 Å². The molecule has 1 fully saturated rings. The minimum atomic E-state index is -0.0523. The summed E-state index contributed by atoms with van der Waals surface area (Å²) in [6.07, 6.45) is 2.62. The van der Waals surface area contributed by atoms with Gasteiger partial charge in [0.1, 0.15) is 5.75 Å². The van der Waals surface area contributed by atoms with E-state index in [-0.39, 0.29) is 5.91 Å². The molecular weight excluding hydrogens is 414 g/mol. The van der Waals surface area contributed by atoms with Crippen molar-refractivity contribution in [2.45, 2.75) is 19.9 Å². The van der Waals surface area contributed by atoms with Crippen LogP contribution >= 0.6 is 11.6 Å². The molecule has 0 saturated carbocycles. The van der Waals surface area contributed by atoms with Crippen LogP contribution in [0.5, 0.6) is 5.75 Å². The fraction of sp³-hybridized carbons (Fsp3) is 0.333. The second kappa shape index (κ2) is 9.98. The monoisotopic (exact) mass is 439 g/mol.